The number of likely N-dealkylation sites (N-methyl/N-ethyl adjacent to an activating group) is 1. The number of ether oxygens (including phenoxy) is 1. The van der Waals surface area contributed by atoms with Gasteiger partial charge in [-0.05, 0) is 59.0 Å². The third kappa shape index (κ3) is 7.82. The van der Waals surface area contributed by atoms with Crippen LogP contribution in [-0.4, -0.2) is 60.0 Å². The van der Waals surface area contributed by atoms with Gasteiger partial charge in [0.05, 0.1) is 6.54 Å². The van der Waals surface area contributed by atoms with Crippen molar-refractivity contribution < 1.29 is 14.3 Å². The van der Waals surface area contributed by atoms with Gasteiger partial charge >= 0.3 is 6.09 Å². The van der Waals surface area contributed by atoms with Gasteiger partial charge in [0, 0.05) is 19.5 Å². The summed E-state index contributed by atoms with van der Waals surface area (Å²) in [6, 6.07) is 0. The Balaban J connectivity index is 2.26. The van der Waals surface area contributed by atoms with E-state index >= 15 is 0 Å². The zero-order valence-corrected chi connectivity index (χ0v) is 15.6. The van der Waals surface area contributed by atoms with Crippen molar-refractivity contribution in [2.75, 3.05) is 32.7 Å². The number of carbonyl (C=O) groups excluding carboxylic acids is 2. The largest absolute Gasteiger partial charge is 0.444 e. The Bertz CT molecular complexity index is 378. The first-order chi connectivity index (χ1) is 10.7. The van der Waals surface area contributed by atoms with Crippen molar-refractivity contribution >= 4 is 11.9 Å². The third-order valence-corrected chi connectivity index (χ3v) is 4.39. The minimum atomic E-state index is -0.440. The maximum Gasteiger partial charge on any atom is 0.410 e. The van der Waals surface area contributed by atoms with Gasteiger partial charge in [0.15, 0.2) is 0 Å². The van der Waals surface area contributed by atoms with E-state index in [4.69, 9.17) is 4.74 Å². The number of carbonyl (C=O) groups is 2. The molecule has 0 aliphatic carbocycles. The molecule has 1 aliphatic rings. The zero-order chi connectivity index (χ0) is 17.5. The maximum atomic E-state index is 12.0. The summed E-state index contributed by atoms with van der Waals surface area (Å²) in [5.41, 5.74) is -0.440. The van der Waals surface area contributed by atoms with Crippen LogP contribution in [0.15, 0.2) is 0 Å². The number of likely N-dealkylation sites (tertiary alicyclic amines) is 1. The molecule has 5 nitrogen and oxygen atoms in total. The maximum absolute atomic E-state index is 12.0. The van der Waals surface area contributed by atoms with Gasteiger partial charge in [0.2, 0.25) is 0 Å². The fourth-order valence-corrected chi connectivity index (χ4v) is 2.87. The lowest BCUT2D eigenvalue weighted by molar-refractivity contribution is -0.120. The number of Topliss-reactive ketones (excluding diaryl/α,β-unsaturated/α-hetero) is 1. The molecule has 0 aromatic rings. The molecule has 23 heavy (non-hydrogen) atoms. The summed E-state index contributed by atoms with van der Waals surface area (Å²) < 4.78 is 5.41. The molecule has 0 saturated carbocycles. The lowest BCUT2D eigenvalue weighted by Crippen LogP contribution is -2.41. The Morgan fingerprint density at radius 1 is 1.13 bits per heavy atom. The number of ketones is 1. The molecule has 0 bridgehead atoms. The topological polar surface area (TPSA) is 49.9 Å². The van der Waals surface area contributed by atoms with Crippen LogP contribution < -0.4 is 0 Å². The quantitative estimate of drug-likeness (QED) is 0.720. The predicted molar refractivity (Wildman–Crippen MR) is 92.6 cm³/mol. The van der Waals surface area contributed by atoms with E-state index in [0.29, 0.717) is 24.7 Å². The fourth-order valence-electron chi connectivity index (χ4n) is 2.87. The Hall–Kier alpha value is -1.10. The number of amides is 1. The van der Waals surface area contributed by atoms with Crippen molar-refractivity contribution in [2.24, 2.45) is 5.92 Å². The lowest BCUT2D eigenvalue weighted by atomic mass is 9.91. The molecule has 1 rings (SSSR count). The van der Waals surface area contributed by atoms with Crippen LogP contribution in [0.2, 0.25) is 0 Å². The summed E-state index contributed by atoms with van der Waals surface area (Å²) in [6.45, 7) is 13.7. The molecule has 0 spiro atoms. The molecule has 1 saturated heterocycles. The highest BCUT2D eigenvalue weighted by Gasteiger charge is 2.27. The van der Waals surface area contributed by atoms with E-state index in [1.54, 1.807) is 4.90 Å². The Morgan fingerprint density at radius 3 is 2.17 bits per heavy atom. The highest BCUT2D eigenvalue weighted by atomic mass is 16.6. The SMILES string of the molecule is CCN(CC)CC(=O)CCC1CCN(C(=O)OC(C)(C)C)CC1. The number of rotatable bonds is 7. The van der Waals surface area contributed by atoms with Crippen LogP contribution in [0.25, 0.3) is 0 Å². The van der Waals surface area contributed by atoms with Crippen molar-refractivity contribution in [3.05, 3.63) is 0 Å². The first-order valence-corrected chi connectivity index (χ1v) is 8.97. The summed E-state index contributed by atoms with van der Waals surface area (Å²) in [5.74, 6) is 0.887. The van der Waals surface area contributed by atoms with Crippen molar-refractivity contribution in [1.29, 1.82) is 0 Å². The fraction of sp³-hybridized carbons (Fsp3) is 0.889. The van der Waals surface area contributed by atoms with E-state index in [2.05, 4.69) is 18.7 Å². The van der Waals surface area contributed by atoms with E-state index in [0.717, 1.165) is 45.4 Å². The van der Waals surface area contributed by atoms with Crippen LogP contribution in [0.5, 0.6) is 0 Å². The summed E-state index contributed by atoms with van der Waals surface area (Å²) in [4.78, 5) is 28.0. The second-order valence-corrected chi connectivity index (χ2v) is 7.45. The molecular formula is C18H34N2O3. The first kappa shape index (κ1) is 19.9. The summed E-state index contributed by atoms with van der Waals surface area (Å²) >= 11 is 0. The minimum absolute atomic E-state index is 0.214. The number of piperidine rings is 1. The van der Waals surface area contributed by atoms with Gasteiger partial charge in [0.25, 0.3) is 0 Å². The summed E-state index contributed by atoms with van der Waals surface area (Å²) in [7, 11) is 0. The average molecular weight is 326 g/mol. The van der Waals surface area contributed by atoms with Crippen molar-refractivity contribution in [3.63, 3.8) is 0 Å². The van der Waals surface area contributed by atoms with Crippen LogP contribution in [-0.2, 0) is 9.53 Å². The molecule has 1 fully saturated rings. The molecule has 1 amide bonds. The van der Waals surface area contributed by atoms with Gasteiger partial charge in [0.1, 0.15) is 11.4 Å². The highest BCUT2D eigenvalue weighted by molar-refractivity contribution is 5.80. The average Bonchev–Trinajstić information content (AvgIpc) is 2.49. The van der Waals surface area contributed by atoms with Crippen molar-refractivity contribution in [2.45, 2.75) is 65.9 Å². The Kier molecular flexibility index (Phi) is 8.03. The molecule has 0 aromatic heterocycles. The van der Waals surface area contributed by atoms with Gasteiger partial charge in [-0.3, -0.25) is 9.69 Å². The van der Waals surface area contributed by atoms with Crippen LogP contribution in [0.4, 0.5) is 4.79 Å². The van der Waals surface area contributed by atoms with E-state index in [1.165, 1.54) is 0 Å². The third-order valence-electron chi connectivity index (χ3n) is 4.39. The van der Waals surface area contributed by atoms with Gasteiger partial charge in [-0.2, -0.15) is 0 Å². The number of hydrogen-bond acceptors (Lipinski definition) is 4. The van der Waals surface area contributed by atoms with Crippen LogP contribution in [0, 0.1) is 5.92 Å². The normalized spacial score (nSPS) is 16.7. The minimum Gasteiger partial charge on any atom is -0.444 e. The monoisotopic (exact) mass is 326 g/mol. The van der Waals surface area contributed by atoms with Crippen LogP contribution >= 0.6 is 0 Å². The van der Waals surface area contributed by atoms with Crippen LogP contribution in [0.1, 0.15) is 60.3 Å². The van der Waals surface area contributed by atoms with Crippen molar-refractivity contribution in [1.82, 2.24) is 9.80 Å². The van der Waals surface area contributed by atoms with E-state index < -0.39 is 5.60 Å². The molecule has 5 heteroatoms. The van der Waals surface area contributed by atoms with Gasteiger partial charge in [-0.15, -0.1) is 0 Å². The van der Waals surface area contributed by atoms with E-state index in [-0.39, 0.29) is 6.09 Å². The zero-order valence-electron chi connectivity index (χ0n) is 15.6. The molecule has 134 valence electrons. The van der Waals surface area contributed by atoms with Gasteiger partial charge in [-0.1, -0.05) is 13.8 Å². The molecule has 0 radical (unpaired) electrons. The smallest absolute Gasteiger partial charge is 0.410 e. The van der Waals surface area contributed by atoms with Crippen LogP contribution in [0.3, 0.4) is 0 Å². The molecule has 0 aromatic carbocycles. The summed E-state index contributed by atoms with van der Waals surface area (Å²) in [5, 5.41) is 0. The highest BCUT2D eigenvalue weighted by Crippen LogP contribution is 2.23. The second kappa shape index (κ2) is 9.26. The molecule has 1 aliphatic heterocycles. The van der Waals surface area contributed by atoms with E-state index in [9.17, 15) is 9.59 Å². The summed E-state index contributed by atoms with van der Waals surface area (Å²) in [6.07, 6.45) is 3.33. The van der Waals surface area contributed by atoms with Crippen molar-refractivity contribution in [3.8, 4) is 0 Å². The molecule has 0 atom stereocenters. The predicted octanol–water partition coefficient (Wildman–Crippen LogP) is 3.32. The standard InChI is InChI=1S/C18H34N2O3/c1-6-19(7-2)14-16(21)9-8-15-10-12-20(13-11-15)17(22)23-18(3,4)5/h15H,6-14H2,1-5H3. The number of nitrogens with zero attached hydrogens (tertiary/aromatic N) is 2. The Morgan fingerprint density at radius 2 is 1.70 bits per heavy atom. The van der Waals surface area contributed by atoms with Gasteiger partial charge in [-0.25, -0.2) is 4.79 Å². The first-order valence-electron chi connectivity index (χ1n) is 8.97. The number of hydrogen-bond donors (Lipinski definition) is 0. The van der Waals surface area contributed by atoms with E-state index in [1.807, 2.05) is 20.8 Å². The Labute approximate surface area is 141 Å². The second-order valence-electron chi connectivity index (χ2n) is 7.45. The molecule has 0 unspecified atom stereocenters. The molecule has 0 N–H and O–H groups in total. The lowest BCUT2D eigenvalue weighted by Gasteiger charge is -2.33. The molecule has 1 heterocycles. The molecular weight excluding hydrogens is 292 g/mol. The van der Waals surface area contributed by atoms with Gasteiger partial charge < -0.3 is 9.64 Å².